The number of anilines is 1. The van der Waals surface area contributed by atoms with Gasteiger partial charge in [-0.1, -0.05) is 11.6 Å². The van der Waals surface area contributed by atoms with Crippen LogP contribution >= 0.6 is 11.6 Å². The van der Waals surface area contributed by atoms with Gasteiger partial charge in [-0.25, -0.2) is 22.5 Å². The molecule has 222 valence electrons. The molecule has 1 aliphatic carbocycles. The van der Waals surface area contributed by atoms with Crippen LogP contribution in [0.4, 0.5) is 19.0 Å². The Bertz CT molecular complexity index is 1560. The highest BCUT2D eigenvalue weighted by Gasteiger charge is 2.48. The number of ether oxygens (including phenoxy) is 4. The Labute approximate surface area is 236 Å². The van der Waals surface area contributed by atoms with E-state index in [2.05, 4.69) is 20.3 Å². The van der Waals surface area contributed by atoms with Gasteiger partial charge in [0.15, 0.2) is 11.8 Å². The summed E-state index contributed by atoms with van der Waals surface area (Å²) < 4.78 is 86.3. The average molecular weight is 620 g/mol. The largest absolute Gasteiger partial charge is 0.492 e. The molecule has 2 saturated heterocycles. The van der Waals surface area contributed by atoms with Gasteiger partial charge in [-0.05, 0) is 30.5 Å². The number of nitrogens with one attached hydrogen (secondary N) is 3. The number of aromatic amines is 1. The monoisotopic (exact) mass is 619 g/mol. The minimum absolute atomic E-state index is 0.149. The Morgan fingerprint density at radius 3 is 2.80 bits per heavy atom. The van der Waals surface area contributed by atoms with Crippen LogP contribution in [0.2, 0.25) is 5.02 Å². The predicted molar refractivity (Wildman–Crippen MR) is 138 cm³/mol. The van der Waals surface area contributed by atoms with Crippen molar-refractivity contribution in [2.24, 2.45) is 0 Å². The molecule has 1 unspecified atom stereocenters. The fraction of sp³-hybridized carbons (Fsp3) is 0.500. The average Bonchev–Trinajstić information content (AvgIpc) is 3.68. The number of aliphatic hydroxyl groups excluding tert-OH is 1. The molecule has 0 spiro atoms. The number of fused-ring (bicyclic) bond motifs is 3. The third-order valence-corrected chi connectivity index (χ3v) is 8.47. The molecule has 1 aromatic carbocycles. The van der Waals surface area contributed by atoms with Crippen LogP contribution in [-0.2, 0) is 25.9 Å². The lowest BCUT2D eigenvalue weighted by Gasteiger charge is -2.17. The molecule has 3 aromatic rings. The zero-order valence-corrected chi connectivity index (χ0v) is 22.7. The predicted octanol–water partition coefficient (Wildman–Crippen LogP) is 2.28. The Morgan fingerprint density at radius 1 is 1.20 bits per heavy atom. The van der Waals surface area contributed by atoms with E-state index < -0.39 is 58.6 Å². The fourth-order valence-corrected chi connectivity index (χ4v) is 5.94. The molecule has 41 heavy (non-hydrogen) atoms. The van der Waals surface area contributed by atoms with Crippen LogP contribution < -0.4 is 19.5 Å². The molecule has 2 aliphatic heterocycles. The topological polar surface area (TPSA) is 157 Å². The number of hydrogen-bond acceptors (Lipinski definition) is 10. The van der Waals surface area contributed by atoms with Crippen LogP contribution in [0.25, 0.3) is 11.2 Å². The molecule has 12 nitrogen and oxygen atoms in total. The van der Waals surface area contributed by atoms with E-state index in [1.54, 1.807) is 16.9 Å². The van der Waals surface area contributed by atoms with E-state index in [-0.39, 0.29) is 36.6 Å². The normalized spacial score (nSPS) is 25.6. The van der Waals surface area contributed by atoms with Crippen LogP contribution in [-0.4, -0.2) is 85.0 Å². The molecule has 0 radical (unpaired) electrons. The smallest absolute Gasteiger partial charge is 0.350 e. The van der Waals surface area contributed by atoms with E-state index in [0.717, 1.165) is 6.07 Å². The SMILES string of the molecule is O=S(=O)(NCCOc1cc(F)c2c(c1)CCC2Nc1nc2nc(O[C@@H]3CO[C@H]4[C@@H]3OC[C@H]4O)[nH]c2cc1Cl)C(F)F. The first-order valence-electron chi connectivity index (χ1n) is 12.7. The van der Waals surface area contributed by atoms with Crippen LogP contribution in [0.1, 0.15) is 23.6 Å². The molecule has 3 aliphatic rings. The molecule has 0 bridgehead atoms. The Kier molecular flexibility index (Phi) is 7.63. The van der Waals surface area contributed by atoms with E-state index in [9.17, 15) is 22.3 Å². The lowest BCUT2D eigenvalue weighted by Crippen LogP contribution is -2.34. The highest BCUT2D eigenvalue weighted by Crippen LogP contribution is 2.39. The summed E-state index contributed by atoms with van der Waals surface area (Å²) in [7, 11) is -4.73. The van der Waals surface area contributed by atoms with Gasteiger partial charge in [-0.15, -0.1) is 0 Å². The maximum absolute atomic E-state index is 15.1. The van der Waals surface area contributed by atoms with Crippen LogP contribution in [0.5, 0.6) is 11.8 Å². The summed E-state index contributed by atoms with van der Waals surface area (Å²) in [5.74, 6) is -3.65. The van der Waals surface area contributed by atoms with Gasteiger partial charge >= 0.3 is 5.76 Å². The van der Waals surface area contributed by atoms with E-state index in [4.69, 9.17) is 30.5 Å². The van der Waals surface area contributed by atoms with E-state index >= 15 is 4.39 Å². The number of aromatic nitrogens is 3. The number of imidazole rings is 1. The zero-order valence-electron chi connectivity index (χ0n) is 21.2. The summed E-state index contributed by atoms with van der Waals surface area (Å²) in [5.41, 5.74) is 1.93. The molecule has 2 fully saturated rings. The first-order valence-corrected chi connectivity index (χ1v) is 14.6. The minimum Gasteiger partial charge on any atom is -0.492 e. The lowest BCUT2D eigenvalue weighted by molar-refractivity contribution is 0.00706. The Morgan fingerprint density at radius 2 is 2.00 bits per heavy atom. The molecule has 5 atom stereocenters. The molecule has 4 heterocycles. The first-order chi connectivity index (χ1) is 19.6. The summed E-state index contributed by atoms with van der Waals surface area (Å²) in [6, 6.07) is 4.14. The number of aryl methyl sites for hydroxylation is 1. The number of aliphatic hydroxyl groups is 1. The van der Waals surface area contributed by atoms with Gasteiger partial charge in [0.05, 0.1) is 29.8 Å². The van der Waals surface area contributed by atoms with Crippen molar-refractivity contribution in [1.82, 2.24) is 19.7 Å². The second kappa shape index (κ2) is 11.1. The highest BCUT2D eigenvalue weighted by molar-refractivity contribution is 7.89. The summed E-state index contributed by atoms with van der Waals surface area (Å²) in [6.07, 6.45) is -0.967. The van der Waals surface area contributed by atoms with Gasteiger partial charge in [-0.3, -0.25) is 0 Å². The number of sulfonamides is 1. The second-order valence-electron chi connectivity index (χ2n) is 9.81. The molecule has 0 saturated carbocycles. The second-order valence-corrected chi connectivity index (χ2v) is 12.0. The number of nitrogens with zero attached hydrogens (tertiary/aromatic N) is 2. The lowest BCUT2D eigenvalue weighted by atomic mass is 10.1. The van der Waals surface area contributed by atoms with Crippen LogP contribution in [0.15, 0.2) is 18.2 Å². The maximum Gasteiger partial charge on any atom is 0.350 e. The molecular weight excluding hydrogens is 595 g/mol. The van der Waals surface area contributed by atoms with Crippen molar-refractivity contribution < 1.29 is 45.6 Å². The van der Waals surface area contributed by atoms with E-state index in [1.807, 2.05) is 0 Å². The number of hydrogen-bond donors (Lipinski definition) is 4. The standard InChI is InChI=1S/C24H25ClF3N5O7S/c25-12-7-15-22(33-24(31-15)40-17-9-39-19-16(34)8-38-20(17)19)32-21(12)30-14-2-1-10-5-11(6-13(26)18(10)14)37-4-3-29-41(35,36)23(27)28/h5-7,14,16-17,19-20,23,29,34H,1-4,8-9H2,(H2,30,31,32,33)/t14?,16-,17-,19-,20-/m1/s1. The molecule has 6 rings (SSSR count). The number of H-pyrrole nitrogens is 1. The quantitative estimate of drug-likeness (QED) is 0.248. The fourth-order valence-electron chi connectivity index (χ4n) is 5.24. The van der Waals surface area contributed by atoms with Gasteiger partial charge in [0, 0.05) is 18.2 Å². The van der Waals surface area contributed by atoms with Crippen molar-refractivity contribution in [2.45, 2.75) is 49.1 Å². The number of rotatable bonds is 10. The van der Waals surface area contributed by atoms with Gasteiger partial charge < -0.3 is 34.4 Å². The minimum atomic E-state index is -4.73. The van der Waals surface area contributed by atoms with Crippen molar-refractivity contribution in [1.29, 1.82) is 0 Å². The van der Waals surface area contributed by atoms with E-state index in [0.29, 0.717) is 41.0 Å². The number of pyridine rings is 1. The van der Waals surface area contributed by atoms with Crippen molar-refractivity contribution in [3.05, 3.63) is 40.2 Å². The van der Waals surface area contributed by atoms with Crippen molar-refractivity contribution >= 4 is 38.6 Å². The summed E-state index contributed by atoms with van der Waals surface area (Å²) in [5, 5.41) is 13.4. The Hall–Kier alpha value is -2.89. The highest BCUT2D eigenvalue weighted by atomic mass is 35.5. The number of alkyl halides is 2. The van der Waals surface area contributed by atoms with Gasteiger partial charge in [0.25, 0.3) is 16.0 Å². The van der Waals surface area contributed by atoms with Crippen LogP contribution in [0.3, 0.4) is 0 Å². The van der Waals surface area contributed by atoms with Gasteiger partial charge in [0.2, 0.25) is 0 Å². The molecule has 2 aromatic heterocycles. The molecule has 4 N–H and O–H groups in total. The molecule has 0 amide bonds. The molecular formula is C24H25ClF3N5O7S. The summed E-state index contributed by atoms with van der Waals surface area (Å²) >= 11 is 6.47. The number of halogens is 4. The van der Waals surface area contributed by atoms with Crippen LogP contribution in [0, 0.1) is 5.82 Å². The summed E-state index contributed by atoms with van der Waals surface area (Å²) in [4.78, 5) is 11.9. The summed E-state index contributed by atoms with van der Waals surface area (Å²) in [6.45, 7) is -0.241. The van der Waals surface area contributed by atoms with Crippen molar-refractivity contribution in [3.8, 4) is 11.8 Å². The van der Waals surface area contributed by atoms with Gasteiger partial charge in [-0.2, -0.15) is 13.8 Å². The van der Waals surface area contributed by atoms with Crippen molar-refractivity contribution in [2.75, 3.05) is 31.7 Å². The van der Waals surface area contributed by atoms with E-state index in [1.165, 1.54) is 0 Å². The zero-order chi connectivity index (χ0) is 28.9. The van der Waals surface area contributed by atoms with Crippen molar-refractivity contribution in [3.63, 3.8) is 0 Å². The number of benzene rings is 1. The first kappa shape index (κ1) is 28.2. The maximum atomic E-state index is 15.1. The molecule has 17 heteroatoms. The third-order valence-electron chi connectivity index (χ3n) is 7.11. The third kappa shape index (κ3) is 5.63. The Balaban J connectivity index is 1.11. The van der Waals surface area contributed by atoms with Gasteiger partial charge in [0.1, 0.15) is 42.3 Å².